The number of nitrogens with one attached hydrogen (secondary N) is 1. The molecule has 0 spiro atoms. The number of carbonyl (C=O) groups is 1. The Morgan fingerprint density at radius 3 is 2.56 bits per heavy atom. The van der Waals surface area contributed by atoms with Crippen LogP contribution in [-0.2, 0) is 4.74 Å². The number of carbonyl (C=O) groups excluding carboxylic acids is 1. The van der Waals surface area contributed by atoms with E-state index in [1.165, 1.54) is 12.1 Å². The minimum atomic E-state index is -0.701. The minimum Gasteiger partial charge on any atom is -0.444 e. The van der Waals surface area contributed by atoms with Gasteiger partial charge in [0.2, 0.25) is 0 Å². The Kier molecular flexibility index (Phi) is 3.80. The molecule has 1 aromatic carbocycles. The molecule has 0 atom stereocenters. The van der Waals surface area contributed by atoms with Gasteiger partial charge in [-0.25, -0.2) is 9.18 Å². The highest BCUT2D eigenvalue weighted by Crippen LogP contribution is 2.23. The third-order valence-corrected chi connectivity index (χ3v) is 1.99. The van der Waals surface area contributed by atoms with Crippen molar-refractivity contribution in [1.29, 1.82) is 0 Å². The lowest BCUT2D eigenvalue weighted by atomic mass is 10.2. The monoisotopic (exact) mass is 243 g/mol. The number of halogens is 1. The fraction of sp³-hybridized carbons (Fsp3) is 0.364. The van der Waals surface area contributed by atoms with Crippen LogP contribution in [0.4, 0.5) is 14.9 Å². The number of thiol groups is 1. The molecule has 0 fully saturated rings. The van der Waals surface area contributed by atoms with Crippen molar-refractivity contribution in [2.45, 2.75) is 31.3 Å². The van der Waals surface area contributed by atoms with Gasteiger partial charge in [0, 0.05) is 4.90 Å². The summed E-state index contributed by atoms with van der Waals surface area (Å²) in [5.74, 6) is -0.543. The molecule has 0 aromatic heterocycles. The number of anilines is 1. The molecule has 0 bridgehead atoms. The second-order valence-electron chi connectivity index (χ2n) is 4.26. The zero-order valence-electron chi connectivity index (χ0n) is 9.37. The lowest BCUT2D eigenvalue weighted by Crippen LogP contribution is -2.27. The number of hydrogen-bond donors (Lipinski definition) is 2. The van der Waals surface area contributed by atoms with Crippen LogP contribution < -0.4 is 5.32 Å². The van der Waals surface area contributed by atoms with Gasteiger partial charge in [0.25, 0.3) is 0 Å². The number of ether oxygens (including phenoxy) is 1. The molecule has 88 valence electrons. The van der Waals surface area contributed by atoms with Crippen LogP contribution >= 0.6 is 12.6 Å². The van der Waals surface area contributed by atoms with Crippen molar-refractivity contribution in [3.05, 3.63) is 24.0 Å². The van der Waals surface area contributed by atoms with E-state index in [-0.39, 0.29) is 5.69 Å². The van der Waals surface area contributed by atoms with E-state index in [9.17, 15) is 9.18 Å². The molecule has 0 saturated heterocycles. The molecule has 0 aliphatic carbocycles. The molecule has 0 unspecified atom stereocenters. The Balaban J connectivity index is 2.78. The summed E-state index contributed by atoms with van der Waals surface area (Å²) in [6, 6.07) is 4.34. The minimum absolute atomic E-state index is 0.0279. The van der Waals surface area contributed by atoms with Gasteiger partial charge < -0.3 is 4.74 Å². The number of hydrogen-bond acceptors (Lipinski definition) is 3. The van der Waals surface area contributed by atoms with Crippen LogP contribution in [-0.4, -0.2) is 11.7 Å². The van der Waals surface area contributed by atoms with E-state index >= 15 is 0 Å². The molecule has 1 N–H and O–H groups in total. The molecule has 0 heterocycles. The van der Waals surface area contributed by atoms with E-state index in [0.717, 1.165) is 0 Å². The molecule has 0 aliphatic heterocycles. The highest BCUT2D eigenvalue weighted by Gasteiger charge is 2.18. The Bertz CT molecular complexity index is 381. The Labute approximate surface area is 99.4 Å². The van der Waals surface area contributed by atoms with Crippen LogP contribution in [0.2, 0.25) is 0 Å². The molecule has 1 amide bonds. The first-order chi connectivity index (χ1) is 7.29. The molecule has 0 radical (unpaired) electrons. The normalized spacial score (nSPS) is 11.1. The fourth-order valence-corrected chi connectivity index (χ4v) is 1.29. The maximum Gasteiger partial charge on any atom is 0.412 e. The largest absolute Gasteiger partial charge is 0.444 e. The zero-order chi connectivity index (χ0) is 12.3. The van der Waals surface area contributed by atoms with Gasteiger partial charge in [-0.2, -0.15) is 0 Å². The van der Waals surface area contributed by atoms with Crippen molar-refractivity contribution in [3.8, 4) is 0 Å². The third kappa shape index (κ3) is 3.73. The van der Waals surface area contributed by atoms with Crippen LogP contribution in [0.15, 0.2) is 23.1 Å². The van der Waals surface area contributed by atoms with Crippen molar-refractivity contribution >= 4 is 24.4 Å². The second-order valence-corrected chi connectivity index (χ2v) is 4.74. The van der Waals surface area contributed by atoms with E-state index in [1.807, 2.05) is 0 Å². The first kappa shape index (κ1) is 12.8. The van der Waals surface area contributed by atoms with Crippen LogP contribution in [0.1, 0.15) is 20.8 Å². The standard InChI is InChI=1S/C11H14FNO2S/c1-11(2,3)15-10(14)13-9-7(12)5-4-6-8(9)16/h4-6,16H,1-3H3,(H,13,14). The predicted molar refractivity (Wildman–Crippen MR) is 63.5 cm³/mol. The molecule has 1 rings (SSSR count). The lowest BCUT2D eigenvalue weighted by molar-refractivity contribution is 0.0635. The number of benzene rings is 1. The summed E-state index contributed by atoms with van der Waals surface area (Å²) in [5.41, 5.74) is -0.591. The van der Waals surface area contributed by atoms with Crippen LogP contribution in [0.25, 0.3) is 0 Å². The van der Waals surface area contributed by atoms with Gasteiger partial charge in [0.05, 0.1) is 5.69 Å². The smallest absolute Gasteiger partial charge is 0.412 e. The van der Waals surface area contributed by atoms with E-state index in [4.69, 9.17) is 4.74 Å². The first-order valence-electron chi connectivity index (χ1n) is 4.77. The molecule has 5 heteroatoms. The average molecular weight is 243 g/mol. The molecular formula is C11H14FNO2S. The molecule has 3 nitrogen and oxygen atoms in total. The van der Waals surface area contributed by atoms with Gasteiger partial charge in [-0.1, -0.05) is 6.07 Å². The highest BCUT2D eigenvalue weighted by molar-refractivity contribution is 7.80. The van der Waals surface area contributed by atoms with E-state index < -0.39 is 17.5 Å². The third-order valence-electron chi connectivity index (χ3n) is 1.62. The van der Waals surface area contributed by atoms with Crippen molar-refractivity contribution in [1.82, 2.24) is 0 Å². The van der Waals surface area contributed by atoms with Gasteiger partial charge in [0.15, 0.2) is 0 Å². The van der Waals surface area contributed by atoms with Crippen molar-refractivity contribution in [2.24, 2.45) is 0 Å². The fourth-order valence-electron chi connectivity index (χ4n) is 1.04. The SMILES string of the molecule is CC(C)(C)OC(=O)Nc1c(F)cccc1S. The Morgan fingerprint density at radius 1 is 1.44 bits per heavy atom. The van der Waals surface area contributed by atoms with Crippen LogP contribution in [0.5, 0.6) is 0 Å². The lowest BCUT2D eigenvalue weighted by Gasteiger charge is -2.20. The summed E-state index contributed by atoms with van der Waals surface area (Å²) < 4.78 is 18.3. The van der Waals surface area contributed by atoms with Gasteiger partial charge >= 0.3 is 6.09 Å². The van der Waals surface area contributed by atoms with Gasteiger partial charge in [0.1, 0.15) is 11.4 Å². The zero-order valence-corrected chi connectivity index (χ0v) is 10.3. The molecule has 0 saturated carbocycles. The molecule has 1 aromatic rings. The first-order valence-corrected chi connectivity index (χ1v) is 5.22. The number of amides is 1. The van der Waals surface area contributed by atoms with Crippen molar-refractivity contribution < 1.29 is 13.9 Å². The van der Waals surface area contributed by atoms with E-state index in [0.29, 0.717) is 4.90 Å². The summed E-state index contributed by atoms with van der Waals surface area (Å²) in [4.78, 5) is 11.8. The van der Waals surface area contributed by atoms with E-state index in [1.54, 1.807) is 26.8 Å². The second kappa shape index (κ2) is 4.74. The summed E-state index contributed by atoms with van der Waals surface area (Å²) >= 11 is 4.04. The quantitative estimate of drug-likeness (QED) is 0.741. The molecular weight excluding hydrogens is 229 g/mol. The van der Waals surface area contributed by atoms with Crippen molar-refractivity contribution in [3.63, 3.8) is 0 Å². The summed E-state index contributed by atoms with van der Waals surface area (Å²) in [7, 11) is 0. The van der Waals surface area contributed by atoms with E-state index in [2.05, 4.69) is 17.9 Å². The van der Waals surface area contributed by atoms with Gasteiger partial charge in [-0.3, -0.25) is 5.32 Å². The topological polar surface area (TPSA) is 38.3 Å². The maximum atomic E-state index is 13.3. The van der Waals surface area contributed by atoms with Gasteiger partial charge in [-0.15, -0.1) is 12.6 Å². The number of para-hydroxylation sites is 1. The van der Waals surface area contributed by atoms with Crippen LogP contribution in [0.3, 0.4) is 0 Å². The van der Waals surface area contributed by atoms with Gasteiger partial charge in [-0.05, 0) is 32.9 Å². The summed E-state index contributed by atoms with van der Waals surface area (Å²) in [6.07, 6.45) is -0.701. The van der Waals surface area contributed by atoms with Crippen molar-refractivity contribution in [2.75, 3.05) is 5.32 Å². The Hall–Kier alpha value is -1.23. The summed E-state index contributed by atoms with van der Waals surface area (Å²) in [5, 5.41) is 2.32. The molecule has 16 heavy (non-hydrogen) atoms. The highest BCUT2D eigenvalue weighted by atomic mass is 32.1. The van der Waals surface area contributed by atoms with Crippen LogP contribution in [0, 0.1) is 5.82 Å². The summed E-state index contributed by atoms with van der Waals surface area (Å²) in [6.45, 7) is 5.20. The Morgan fingerprint density at radius 2 is 2.06 bits per heavy atom. The average Bonchev–Trinajstić information content (AvgIpc) is 2.08. The predicted octanol–water partition coefficient (Wildman–Crippen LogP) is 3.46. The maximum absolute atomic E-state index is 13.3. The molecule has 0 aliphatic rings. The number of rotatable bonds is 1.